The van der Waals surface area contributed by atoms with Crippen LogP contribution in [-0.2, 0) is 11.3 Å². The Bertz CT molecular complexity index is 487. The lowest BCUT2D eigenvalue weighted by molar-refractivity contribution is -0.0974. The molecule has 1 aliphatic rings. The Kier molecular flexibility index (Phi) is 4.48. The van der Waals surface area contributed by atoms with E-state index in [0.717, 1.165) is 0 Å². The van der Waals surface area contributed by atoms with Crippen molar-refractivity contribution >= 4 is 0 Å². The third-order valence-corrected chi connectivity index (χ3v) is 3.20. The van der Waals surface area contributed by atoms with Crippen molar-refractivity contribution in [1.82, 2.24) is 4.90 Å². The Morgan fingerprint density at radius 3 is 3.00 bits per heavy atom. The Morgan fingerprint density at radius 1 is 1.53 bits per heavy atom. The van der Waals surface area contributed by atoms with Gasteiger partial charge in [-0.3, -0.25) is 4.90 Å². The second-order valence-electron chi connectivity index (χ2n) is 4.84. The zero-order chi connectivity index (χ0) is 13.8. The molecule has 19 heavy (non-hydrogen) atoms. The van der Waals surface area contributed by atoms with E-state index < -0.39 is 5.82 Å². The molecule has 0 aliphatic carbocycles. The van der Waals surface area contributed by atoms with Crippen LogP contribution in [0.5, 0.6) is 0 Å². The van der Waals surface area contributed by atoms with Crippen LogP contribution in [0.25, 0.3) is 0 Å². The number of rotatable bonds is 3. The highest BCUT2D eigenvalue weighted by atomic mass is 19.1. The molecule has 1 N–H and O–H groups in total. The second kappa shape index (κ2) is 6.11. The molecule has 1 fully saturated rings. The van der Waals surface area contributed by atoms with E-state index in [1.165, 1.54) is 6.07 Å². The molecular weight excluding hydrogens is 247 g/mol. The maximum atomic E-state index is 14.0. The standard InChI is InChI=1S/C14H17FN2O2/c1-10-6-17(8-13(9-18)19-10)7-12-4-2-3-11(5-16)14(12)15/h2-4,10,13,18H,6-9H2,1H3. The first-order valence-electron chi connectivity index (χ1n) is 6.30. The van der Waals surface area contributed by atoms with E-state index in [-0.39, 0.29) is 24.4 Å². The normalized spacial score (nSPS) is 24.1. The quantitative estimate of drug-likeness (QED) is 0.893. The lowest BCUT2D eigenvalue weighted by atomic mass is 10.1. The smallest absolute Gasteiger partial charge is 0.145 e. The number of benzene rings is 1. The van der Waals surface area contributed by atoms with Gasteiger partial charge in [-0.15, -0.1) is 0 Å². The van der Waals surface area contributed by atoms with E-state index in [2.05, 4.69) is 0 Å². The Morgan fingerprint density at radius 2 is 2.32 bits per heavy atom. The van der Waals surface area contributed by atoms with Crippen molar-refractivity contribution in [2.45, 2.75) is 25.7 Å². The van der Waals surface area contributed by atoms with E-state index in [1.54, 1.807) is 12.1 Å². The highest BCUT2D eigenvalue weighted by molar-refractivity contribution is 5.34. The molecule has 4 nitrogen and oxygen atoms in total. The zero-order valence-corrected chi connectivity index (χ0v) is 10.8. The molecule has 2 rings (SSSR count). The third-order valence-electron chi connectivity index (χ3n) is 3.20. The van der Waals surface area contributed by atoms with Crippen LogP contribution in [0.15, 0.2) is 18.2 Å². The number of aliphatic hydroxyl groups is 1. The van der Waals surface area contributed by atoms with Gasteiger partial charge in [0.15, 0.2) is 0 Å². The summed E-state index contributed by atoms with van der Waals surface area (Å²) >= 11 is 0. The van der Waals surface area contributed by atoms with Crippen LogP contribution in [0.3, 0.4) is 0 Å². The molecule has 2 unspecified atom stereocenters. The van der Waals surface area contributed by atoms with Crippen LogP contribution >= 0.6 is 0 Å². The summed E-state index contributed by atoms with van der Waals surface area (Å²) in [7, 11) is 0. The minimum atomic E-state index is -0.454. The van der Waals surface area contributed by atoms with Crippen molar-refractivity contribution in [2.75, 3.05) is 19.7 Å². The number of aliphatic hydroxyl groups excluding tert-OH is 1. The van der Waals surface area contributed by atoms with Crippen molar-refractivity contribution in [3.05, 3.63) is 35.1 Å². The van der Waals surface area contributed by atoms with Crippen LogP contribution in [0.1, 0.15) is 18.1 Å². The average Bonchev–Trinajstić information content (AvgIpc) is 2.40. The van der Waals surface area contributed by atoms with Crippen LogP contribution < -0.4 is 0 Å². The predicted molar refractivity (Wildman–Crippen MR) is 67.8 cm³/mol. The summed E-state index contributed by atoms with van der Waals surface area (Å²) in [6, 6.07) is 6.68. The number of nitriles is 1. The topological polar surface area (TPSA) is 56.5 Å². The number of hydrogen-bond acceptors (Lipinski definition) is 4. The van der Waals surface area contributed by atoms with Gasteiger partial charge in [-0.1, -0.05) is 12.1 Å². The van der Waals surface area contributed by atoms with E-state index >= 15 is 0 Å². The van der Waals surface area contributed by atoms with Gasteiger partial charge in [-0.05, 0) is 13.0 Å². The number of halogens is 1. The van der Waals surface area contributed by atoms with Crippen molar-refractivity contribution in [3.63, 3.8) is 0 Å². The third kappa shape index (κ3) is 3.29. The van der Waals surface area contributed by atoms with Crippen LogP contribution in [0.4, 0.5) is 4.39 Å². The lowest BCUT2D eigenvalue weighted by Crippen LogP contribution is -2.47. The molecule has 0 spiro atoms. The largest absolute Gasteiger partial charge is 0.394 e. The van der Waals surface area contributed by atoms with E-state index in [4.69, 9.17) is 15.1 Å². The molecular formula is C14H17FN2O2. The van der Waals surface area contributed by atoms with Crippen molar-refractivity contribution in [2.24, 2.45) is 0 Å². The molecule has 2 atom stereocenters. The molecule has 1 aromatic carbocycles. The number of morpholine rings is 1. The van der Waals surface area contributed by atoms with Crippen LogP contribution in [0, 0.1) is 17.1 Å². The van der Waals surface area contributed by atoms with Gasteiger partial charge in [0.2, 0.25) is 0 Å². The van der Waals surface area contributed by atoms with Gasteiger partial charge < -0.3 is 9.84 Å². The lowest BCUT2D eigenvalue weighted by Gasteiger charge is -2.36. The first-order valence-corrected chi connectivity index (χ1v) is 6.30. The molecule has 0 aromatic heterocycles. The van der Waals surface area contributed by atoms with Gasteiger partial charge >= 0.3 is 0 Å². The van der Waals surface area contributed by atoms with Crippen molar-refractivity contribution < 1.29 is 14.2 Å². The number of ether oxygens (including phenoxy) is 1. The summed E-state index contributed by atoms with van der Waals surface area (Å²) in [6.07, 6.45) is -0.223. The molecule has 0 saturated carbocycles. The fraction of sp³-hybridized carbons (Fsp3) is 0.500. The van der Waals surface area contributed by atoms with E-state index in [1.807, 2.05) is 17.9 Å². The molecule has 0 bridgehead atoms. The molecule has 0 amide bonds. The summed E-state index contributed by atoms with van der Waals surface area (Å²) in [5.74, 6) is -0.454. The highest BCUT2D eigenvalue weighted by Crippen LogP contribution is 2.18. The van der Waals surface area contributed by atoms with E-state index in [0.29, 0.717) is 25.2 Å². The van der Waals surface area contributed by atoms with Gasteiger partial charge in [0.05, 0.1) is 24.4 Å². The molecule has 5 heteroatoms. The fourth-order valence-corrected chi connectivity index (χ4v) is 2.40. The minimum absolute atomic E-state index is 0.00751. The van der Waals surface area contributed by atoms with Gasteiger partial charge in [-0.2, -0.15) is 5.26 Å². The van der Waals surface area contributed by atoms with Gasteiger partial charge in [0, 0.05) is 25.2 Å². The van der Waals surface area contributed by atoms with Crippen molar-refractivity contribution in [1.29, 1.82) is 5.26 Å². The molecule has 1 heterocycles. The summed E-state index contributed by atoms with van der Waals surface area (Å²) in [5, 5.41) is 18.0. The zero-order valence-electron chi connectivity index (χ0n) is 10.8. The summed E-state index contributed by atoms with van der Waals surface area (Å²) in [4.78, 5) is 2.04. The maximum Gasteiger partial charge on any atom is 0.145 e. The van der Waals surface area contributed by atoms with E-state index in [9.17, 15) is 4.39 Å². The minimum Gasteiger partial charge on any atom is -0.394 e. The Balaban J connectivity index is 2.11. The summed E-state index contributed by atoms with van der Waals surface area (Å²) in [6.45, 7) is 3.56. The number of nitrogens with zero attached hydrogens (tertiary/aromatic N) is 2. The second-order valence-corrected chi connectivity index (χ2v) is 4.84. The first kappa shape index (κ1) is 13.9. The van der Waals surface area contributed by atoms with Gasteiger partial charge in [-0.25, -0.2) is 4.39 Å². The van der Waals surface area contributed by atoms with Gasteiger partial charge in [0.1, 0.15) is 11.9 Å². The summed E-state index contributed by atoms with van der Waals surface area (Å²) in [5.41, 5.74) is 0.572. The molecule has 1 aliphatic heterocycles. The van der Waals surface area contributed by atoms with Crippen LogP contribution in [0.2, 0.25) is 0 Å². The highest BCUT2D eigenvalue weighted by Gasteiger charge is 2.25. The molecule has 0 radical (unpaired) electrons. The summed E-state index contributed by atoms with van der Waals surface area (Å²) < 4.78 is 19.5. The Labute approximate surface area is 112 Å². The van der Waals surface area contributed by atoms with Crippen LogP contribution in [-0.4, -0.2) is 41.9 Å². The average molecular weight is 264 g/mol. The SMILES string of the molecule is CC1CN(Cc2cccc(C#N)c2F)CC(CO)O1. The molecule has 1 saturated heterocycles. The molecule has 1 aromatic rings. The predicted octanol–water partition coefficient (Wildman–Crippen LogP) is 1.28. The van der Waals surface area contributed by atoms with Crippen molar-refractivity contribution in [3.8, 4) is 6.07 Å². The first-order chi connectivity index (χ1) is 9.13. The Hall–Kier alpha value is -1.48. The van der Waals surface area contributed by atoms with Gasteiger partial charge in [0.25, 0.3) is 0 Å². The monoisotopic (exact) mass is 264 g/mol. The fourth-order valence-electron chi connectivity index (χ4n) is 2.40. The maximum absolute atomic E-state index is 14.0. The molecule has 102 valence electrons. The number of hydrogen-bond donors (Lipinski definition) is 1.